The summed E-state index contributed by atoms with van der Waals surface area (Å²) in [5.41, 5.74) is -10.4. The molecule has 0 unspecified atom stereocenters. The molecule has 0 N–H and O–H groups in total. The highest BCUT2D eigenvalue weighted by molar-refractivity contribution is 7.88. The van der Waals surface area contributed by atoms with E-state index in [2.05, 4.69) is 8.37 Å². The molecule has 4 aromatic rings. The van der Waals surface area contributed by atoms with Crippen molar-refractivity contribution in [3.63, 3.8) is 0 Å². The van der Waals surface area contributed by atoms with Crippen LogP contribution in [0.3, 0.4) is 0 Å². The Bertz CT molecular complexity index is 1710. The van der Waals surface area contributed by atoms with Crippen LogP contribution in [-0.4, -0.2) is 27.9 Å². The summed E-state index contributed by atoms with van der Waals surface area (Å²) in [6.45, 7) is 4.00. The molecule has 0 spiro atoms. The van der Waals surface area contributed by atoms with Gasteiger partial charge in [0, 0.05) is 5.56 Å². The fraction of sp³-hybridized carbons (Fsp3) is 0.154. The van der Waals surface area contributed by atoms with E-state index in [0.717, 1.165) is 30.3 Å². The maximum atomic E-state index is 13.1. The maximum Gasteiger partial charge on any atom is 0.534 e. The molecule has 0 saturated heterocycles. The van der Waals surface area contributed by atoms with E-state index in [1.54, 1.807) is 36.4 Å². The minimum absolute atomic E-state index is 0.125. The molecule has 6 nitrogen and oxygen atoms in total. The van der Waals surface area contributed by atoms with E-state index in [1.165, 1.54) is 18.2 Å². The van der Waals surface area contributed by atoms with Crippen molar-refractivity contribution in [1.29, 1.82) is 0 Å². The summed E-state index contributed by atoms with van der Waals surface area (Å²) in [6, 6.07) is 19.8. The summed E-state index contributed by atoms with van der Waals surface area (Å²) in [4.78, 5) is 0. The molecule has 0 saturated carbocycles. The first-order valence-electron chi connectivity index (χ1n) is 11.3. The van der Waals surface area contributed by atoms with Crippen molar-refractivity contribution in [3.8, 4) is 33.8 Å². The van der Waals surface area contributed by atoms with Gasteiger partial charge in [-0.15, -0.1) is 0 Å². The number of hydrogen-bond donors (Lipinski definition) is 0. The molecule has 4 aromatic carbocycles. The van der Waals surface area contributed by atoms with E-state index in [9.17, 15) is 43.2 Å². The summed E-state index contributed by atoms with van der Waals surface area (Å²) in [5, 5.41) is 0.0681. The van der Waals surface area contributed by atoms with Crippen LogP contribution >= 0.6 is 0 Å². The standard InChI is InChI=1S/C24H14F6O6S2.C2H6/c25-23(26,27)37(31,32)35-19-11-9-16-10-12-21(36-38(33,34)24(28,29)30)22(20(16)14-19)18-8-4-7-17(13-18)15-5-2-1-3-6-15;1-2/h1-14H;1-2H3. The number of hydrogen-bond acceptors (Lipinski definition) is 6. The van der Waals surface area contributed by atoms with Crippen LogP contribution in [0, 0.1) is 0 Å². The second kappa shape index (κ2) is 11.4. The van der Waals surface area contributed by atoms with E-state index in [-0.39, 0.29) is 21.9 Å². The van der Waals surface area contributed by atoms with Gasteiger partial charge in [0.1, 0.15) is 5.75 Å². The zero-order valence-electron chi connectivity index (χ0n) is 20.6. The van der Waals surface area contributed by atoms with E-state index in [0.29, 0.717) is 11.1 Å². The van der Waals surface area contributed by atoms with Crippen LogP contribution in [0.25, 0.3) is 33.0 Å². The fourth-order valence-corrected chi connectivity index (χ4v) is 4.44. The molecule has 40 heavy (non-hydrogen) atoms. The second-order valence-electron chi connectivity index (χ2n) is 7.73. The lowest BCUT2D eigenvalue weighted by atomic mass is 9.94. The summed E-state index contributed by atoms with van der Waals surface area (Å²) in [6.07, 6.45) is 0. The fourth-order valence-electron chi connectivity index (χ4n) is 3.52. The summed E-state index contributed by atoms with van der Waals surface area (Å²) >= 11 is 0. The topological polar surface area (TPSA) is 86.7 Å². The quantitative estimate of drug-likeness (QED) is 0.127. The van der Waals surface area contributed by atoms with Gasteiger partial charge in [-0.25, -0.2) is 0 Å². The predicted octanol–water partition coefficient (Wildman–Crippen LogP) is 7.66. The van der Waals surface area contributed by atoms with Crippen LogP contribution in [0.2, 0.25) is 0 Å². The van der Waals surface area contributed by atoms with E-state index in [4.69, 9.17) is 0 Å². The largest absolute Gasteiger partial charge is 0.534 e. The van der Waals surface area contributed by atoms with Crippen molar-refractivity contribution < 1.29 is 51.5 Å². The Morgan fingerprint density at radius 1 is 0.575 bits per heavy atom. The minimum Gasteiger partial charge on any atom is -0.376 e. The molecule has 0 aliphatic heterocycles. The Labute approximate surface area is 226 Å². The minimum atomic E-state index is -6.15. The number of alkyl halides is 6. The van der Waals surface area contributed by atoms with Gasteiger partial charge in [-0.3, -0.25) is 0 Å². The van der Waals surface area contributed by atoms with Crippen molar-refractivity contribution in [2.24, 2.45) is 0 Å². The Morgan fingerprint density at radius 2 is 1.10 bits per heavy atom. The molecule has 0 aliphatic rings. The molecular weight excluding hydrogens is 586 g/mol. The van der Waals surface area contributed by atoms with Crippen LogP contribution in [0.15, 0.2) is 84.9 Å². The Hall–Kier alpha value is -3.78. The molecule has 0 aromatic heterocycles. The first kappa shape index (κ1) is 30.8. The van der Waals surface area contributed by atoms with Gasteiger partial charge >= 0.3 is 31.3 Å². The zero-order valence-corrected chi connectivity index (χ0v) is 22.2. The molecular formula is C26H20F6O6S2. The van der Waals surface area contributed by atoms with Gasteiger partial charge in [-0.1, -0.05) is 74.5 Å². The molecule has 0 heterocycles. The molecule has 0 radical (unpaired) electrons. The normalized spacial score (nSPS) is 12.4. The van der Waals surface area contributed by atoms with Crippen molar-refractivity contribution in [2.75, 3.05) is 0 Å². The lowest BCUT2D eigenvalue weighted by molar-refractivity contribution is -0.0504. The highest BCUT2D eigenvalue weighted by Gasteiger charge is 2.49. The average Bonchev–Trinajstić information content (AvgIpc) is 2.88. The van der Waals surface area contributed by atoms with Gasteiger partial charge in [-0.2, -0.15) is 43.2 Å². The van der Waals surface area contributed by atoms with E-state index >= 15 is 0 Å². The Balaban J connectivity index is 0.00000216. The predicted molar refractivity (Wildman–Crippen MR) is 137 cm³/mol. The van der Waals surface area contributed by atoms with Gasteiger partial charge < -0.3 is 8.37 Å². The maximum absolute atomic E-state index is 13.1. The van der Waals surface area contributed by atoms with Gasteiger partial charge in [0.2, 0.25) is 0 Å². The Kier molecular flexibility index (Phi) is 8.74. The monoisotopic (exact) mass is 606 g/mol. The Morgan fingerprint density at radius 3 is 1.70 bits per heavy atom. The summed E-state index contributed by atoms with van der Waals surface area (Å²) in [5.74, 6) is -1.61. The molecule has 4 rings (SSSR count). The van der Waals surface area contributed by atoms with E-state index in [1.807, 2.05) is 13.8 Å². The van der Waals surface area contributed by atoms with Crippen LogP contribution in [0.4, 0.5) is 26.3 Å². The average molecular weight is 607 g/mol. The van der Waals surface area contributed by atoms with Gasteiger partial charge in [0.25, 0.3) is 0 Å². The first-order chi connectivity index (χ1) is 18.6. The highest BCUT2D eigenvalue weighted by Crippen LogP contribution is 2.42. The van der Waals surface area contributed by atoms with Gasteiger partial charge in [-0.05, 0) is 51.7 Å². The molecule has 0 amide bonds. The molecule has 0 aliphatic carbocycles. The summed E-state index contributed by atoms with van der Waals surface area (Å²) in [7, 11) is -12.2. The summed E-state index contributed by atoms with van der Waals surface area (Å²) < 4.78 is 133. The van der Waals surface area contributed by atoms with Gasteiger partial charge in [0.15, 0.2) is 5.75 Å². The van der Waals surface area contributed by atoms with Crippen LogP contribution in [0.5, 0.6) is 11.5 Å². The van der Waals surface area contributed by atoms with Crippen LogP contribution < -0.4 is 8.37 Å². The van der Waals surface area contributed by atoms with Crippen molar-refractivity contribution in [1.82, 2.24) is 0 Å². The van der Waals surface area contributed by atoms with Crippen molar-refractivity contribution >= 4 is 31.0 Å². The molecule has 214 valence electrons. The molecule has 0 bridgehead atoms. The second-order valence-corrected chi connectivity index (χ2v) is 10.8. The van der Waals surface area contributed by atoms with Crippen LogP contribution in [0.1, 0.15) is 13.8 Å². The number of benzene rings is 4. The number of fused-ring (bicyclic) bond motifs is 1. The van der Waals surface area contributed by atoms with Crippen LogP contribution in [-0.2, 0) is 20.2 Å². The number of halogens is 6. The van der Waals surface area contributed by atoms with E-state index < -0.39 is 42.8 Å². The third-order valence-electron chi connectivity index (χ3n) is 5.19. The molecule has 0 atom stereocenters. The SMILES string of the molecule is CC.O=S(=O)(Oc1ccc2ccc(OS(=O)(=O)C(F)(F)F)c(-c3cccc(-c4ccccc4)c3)c2c1)C(F)(F)F. The molecule has 14 heteroatoms. The third kappa shape index (κ3) is 6.50. The lowest BCUT2D eigenvalue weighted by Crippen LogP contribution is -2.28. The van der Waals surface area contributed by atoms with Gasteiger partial charge in [0.05, 0.1) is 0 Å². The van der Waals surface area contributed by atoms with Crippen molar-refractivity contribution in [2.45, 2.75) is 24.9 Å². The highest BCUT2D eigenvalue weighted by atomic mass is 32.2. The number of rotatable bonds is 6. The third-order valence-corrected chi connectivity index (χ3v) is 7.13. The molecule has 0 fully saturated rings. The zero-order chi connectivity index (χ0) is 29.9. The van der Waals surface area contributed by atoms with Crippen molar-refractivity contribution in [3.05, 3.63) is 84.9 Å². The lowest BCUT2D eigenvalue weighted by Gasteiger charge is -2.17. The first-order valence-corrected chi connectivity index (χ1v) is 14.1. The smallest absolute Gasteiger partial charge is 0.376 e.